The average molecular weight is 574 g/mol. The quantitative estimate of drug-likeness (QED) is 0.197. The van der Waals surface area contributed by atoms with Crippen LogP contribution in [0.5, 0.6) is 0 Å². The molecular formula is C30H31N5O5S. The van der Waals surface area contributed by atoms with Crippen LogP contribution in [0.2, 0.25) is 0 Å². The molecule has 0 bridgehead atoms. The fraction of sp³-hybridized carbons (Fsp3) is 0.333. The molecule has 3 heterocycles. The maximum Gasteiger partial charge on any atom is 0.251 e. The third kappa shape index (κ3) is 5.23. The lowest BCUT2D eigenvalue weighted by molar-refractivity contribution is -0.152. The first kappa shape index (κ1) is 27.1. The summed E-state index contributed by atoms with van der Waals surface area (Å²) in [7, 11) is 0. The largest absolute Gasteiger partial charge is 0.384 e. The van der Waals surface area contributed by atoms with Gasteiger partial charge in [-0.3, -0.25) is 19.8 Å². The standard InChI is InChI=1S/C30H31N5O5S/c1-17(25-12-21(15-41-25)27(31)32)34-29(38)24-13-30(39-8-9-40-30)16-35(24)26(36)14-33-28(37)20-7-6-19-10-18-4-2-3-5-22(18)23(19)11-20/h2-7,11-12,15,17,24H,8-10,13-14,16H2,1H3,(H3,31,32)(H,33,37)(H,34,38)/t17?,24-/m0/s1. The second kappa shape index (κ2) is 10.7. The first-order valence-corrected chi connectivity index (χ1v) is 14.4. The van der Waals surface area contributed by atoms with Crippen LogP contribution in [0.3, 0.4) is 0 Å². The molecule has 2 aromatic carbocycles. The Kier molecular flexibility index (Phi) is 7.10. The summed E-state index contributed by atoms with van der Waals surface area (Å²) in [6.45, 7) is 2.43. The number of carbonyl (C=O) groups excluding carboxylic acids is 3. The Morgan fingerprint density at radius 1 is 1.10 bits per heavy atom. The van der Waals surface area contributed by atoms with Crippen molar-refractivity contribution in [3.8, 4) is 11.1 Å². The summed E-state index contributed by atoms with van der Waals surface area (Å²) in [5, 5.41) is 15.1. The zero-order valence-electron chi connectivity index (χ0n) is 22.6. The van der Waals surface area contributed by atoms with Crippen LogP contribution in [-0.2, 0) is 25.5 Å². The van der Waals surface area contributed by atoms with E-state index in [1.54, 1.807) is 17.5 Å². The molecule has 41 heavy (non-hydrogen) atoms. The molecule has 0 saturated carbocycles. The molecule has 11 heteroatoms. The van der Waals surface area contributed by atoms with Gasteiger partial charge in [0.1, 0.15) is 11.9 Å². The molecule has 0 radical (unpaired) electrons. The Morgan fingerprint density at radius 2 is 1.85 bits per heavy atom. The first-order chi connectivity index (χ1) is 19.7. The molecule has 3 aromatic rings. The smallest absolute Gasteiger partial charge is 0.251 e. The van der Waals surface area contributed by atoms with E-state index in [-0.39, 0.29) is 43.2 Å². The van der Waals surface area contributed by atoms with Crippen LogP contribution < -0.4 is 16.4 Å². The van der Waals surface area contributed by atoms with E-state index in [1.807, 2.05) is 31.2 Å². The van der Waals surface area contributed by atoms with Crippen molar-refractivity contribution >= 4 is 34.9 Å². The third-order valence-electron chi connectivity index (χ3n) is 7.91. The summed E-state index contributed by atoms with van der Waals surface area (Å²) in [6, 6.07) is 14.3. The minimum absolute atomic E-state index is 0.0391. The van der Waals surface area contributed by atoms with Crippen LogP contribution in [0.4, 0.5) is 0 Å². The van der Waals surface area contributed by atoms with Gasteiger partial charge in [0.2, 0.25) is 11.8 Å². The van der Waals surface area contributed by atoms with E-state index in [1.165, 1.54) is 27.4 Å². The molecule has 212 valence electrons. The molecule has 3 aliphatic rings. The van der Waals surface area contributed by atoms with E-state index in [9.17, 15) is 14.4 Å². The highest BCUT2D eigenvalue weighted by atomic mass is 32.1. The monoisotopic (exact) mass is 573 g/mol. The number of carbonyl (C=O) groups is 3. The number of ether oxygens (including phenoxy) is 2. The van der Waals surface area contributed by atoms with Crippen LogP contribution in [0.1, 0.15) is 51.3 Å². The lowest BCUT2D eigenvalue weighted by Crippen LogP contribution is -2.49. The molecule has 2 saturated heterocycles. The van der Waals surface area contributed by atoms with E-state index >= 15 is 0 Å². The van der Waals surface area contributed by atoms with E-state index in [0.717, 1.165) is 22.4 Å². The number of rotatable bonds is 7. The third-order valence-corrected chi connectivity index (χ3v) is 9.02. The number of nitrogen functional groups attached to an aromatic ring is 1. The fourth-order valence-corrected chi connectivity index (χ4v) is 6.68. The fourth-order valence-electron chi connectivity index (χ4n) is 5.77. The number of fused-ring (bicyclic) bond motifs is 3. The van der Waals surface area contributed by atoms with Gasteiger partial charge in [0, 0.05) is 27.8 Å². The van der Waals surface area contributed by atoms with Gasteiger partial charge in [-0.05, 0) is 53.8 Å². The number of amides is 3. The number of nitrogens with one attached hydrogen (secondary N) is 3. The number of hydrogen-bond donors (Lipinski definition) is 4. The molecule has 1 unspecified atom stereocenters. The lowest BCUT2D eigenvalue weighted by atomic mass is 10.0. The molecule has 6 rings (SSSR count). The van der Waals surface area contributed by atoms with Gasteiger partial charge in [0.25, 0.3) is 5.91 Å². The van der Waals surface area contributed by atoms with Crippen molar-refractivity contribution in [2.24, 2.45) is 5.73 Å². The van der Waals surface area contributed by atoms with Crippen molar-refractivity contribution in [3.05, 3.63) is 81.0 Å². The van der Waals surface area contributed by atoms with Gasteiger partial charge >= 0.3 is 0 Å². The van der Waals surface area contributed by atoms with Crippen molar-refractivity contribution in [3.63, 3.8) is 0 Å². The number of nitrogens with zero attached hydrogens (tertiary/aromatic N) is 1. The number of nitrogens with two attached hydrogens (primary N) is 1. The Balaban J connectivity index is 1.13. The van der Waals surface area contributed by atoms with Gasteiger partial charge in [0.15, 0.2) is 5.79 Å². The maximum atomic E-state index is 13.4. The van der Waals surface area contributed by atoms with Gasteiger partial charge in [0.05, 0.1) is 32.3 Å². The predicted molar refractivity (Wildman–Crippen MR) is 154 cm³/mol. The highest BCUT2D eigenvalue weighted by Gasteiger charge is 2.52. The number of thiophene rings is 1. The number of benzene rings is 2. The van der Waals surface area contributed by atoms with Gasteiger partial charge < -0.3 is 30.7 Å². The maximum absolute atomic E-state index is 13.4. The Hall–Kier alpha value is -4.06. The Morgan fingerprint density at radius 3 is 2.61 bits per heavy atom. The minimum Gasteiger partial charge on any atom is -0.384 e. The lowest BCUT2D eigenvalue weighted by Gasteiger charge is -2.25. The highest BCUT2D eigenvalue weighted by molar-refractivity contribution is 7.10. The second-order valence-corrected chi connectivity index (χ2v) is 11.6. The van der Waals surface area contributed by atoms with Gasteiger partial charge in [-0.2, -0.15) is 0 Å². The summed E-state index contributed by atoms with van der Waals surface area (Å²) in [5.41, 5.74) is 11.2. The van der Waals surface area contributed by atoms with Gasteiger partial charge in [-0.15, -0.1) is 11.3 Å². The molecule has 2 fully saturated rings. The number of likely N-dealkylation sites (tertiary alicyclic amines) is 1. The molecular weight excluding hydrogens is 542 g/mol. The van der Waals surface area contributed by atoms with Crippen LogP contribution in [0.15, 0.2) is 53.9 Å². The number of amidine groups is 1. The summed E-state index contributed by atoms with van der Waals surface area (Å²) >= 11 is 1.40. The summed E-state index contributed by atoms with van der Waals surface area (Å²) in [4.78, 5) is 42.2. The molecule has 1 spiro atoms. The Labute approximate surface area is 241 Å². The van der Waals surface area contributed by atoms with Crippen LogP contribution in [0, 0.1) is 5.41 Å². The molecule has 10 nitrogen and oxygen atoms in total. The summed E-state index contributed by atoms with van der Waals surface area (Å²) < 4.78 is 11.7. The van der Waals surface area contributed by atoms with Crippen molar-refractivity contribution in [1.82, 2.24) is 15.5 Å². The van der Waals surface area contributed by atoms with Crippen LogP contribution in [0.25, 0.3) is 11.1 Å². The van der Waals surface area contributed by atoms with Crippen molar-refractivity contribution in [2.45, 2.75) is 37.6 Å². The highest BCUT2D eigenvalue weighted by Crippen LogP contribution is 2.37. The zero-order chi connectivity index (χ0) is 28.7. The van der Waals surface area contributed by atoms with E-state index < -0.39 is 17.7 Å². The predicted octanol–water partition coefficient (Wildman–Crippen LogP) is 2.55. The topological polar surface area (TPSA) is 147 Å². The summed E-state index contributed by atoms with van der Waals surface area (Å²) in [5.74, 6) is -2.18. The second-order valence-electron chi connectivity index (χ2n) is 10.6. The molecule has 1 aromatic heterocycles. The van der Waals surface area contributed by atoms with Crippen molar-refractivity contribution in [2.75, 3.05) is 26.3 Å². The minimum atomic E-state index is -1.04. The van der Waals surface area contributed by atoms with Crippen LogP contribution in [-0.4, -0.2) is 66.6 Å². The summed E-state index contributed by atoms with van der Waals surface area (Å²) in [6.07, 6.45) is 1.03. The molecule has 3 amide bonds. The van der Waals surface area contributed by atoms with Gasteiger partial charge in [-0.1, -0.05) is 30.3 Å². The van der Waals surface area contributed by atoms with E-state index in [0.29, 0.717) is 24.3 Å². The van der Waals surface area contributed by atoms with E-state index in [2.05, 4.69) is 22.8 Å². The molecule has 1 aliphatic carbocycles. The van der Waals surface area contributed by atoms with Crippen LogP contribution >= 0.6 is 11.3 Å². The average Bonchev–Trinajstić information content (AvgIpc) is 3.77. The van der Waals surface area contributed by atoms with Crippen molar-refractivity contribution < 1.29 is 23.9 Å². The Bertz CT molecular complexity index is 1550. The zero-order valence-corrected chi connectivity index (χ0v) is 23.4. The molecule has 2 atom stereocenters. The molecule has 2 aliphatic heterocycles. The van der Waals surface area contributed by atoms with Crippen molar-refractivity contribution in [1.29, 1.82) is 5.41 Å². The van der Waals surface area contributed by atoms with Gasteiger partial charge in [-0.25, -0.2) is 0 Å². The SMILES string of the molecule is CC(NC(=O)[C@@H]1CC2(CN1C(=O)CNC(=O)c1ccc3c(c1)-c1ccccc1C3)OCCO2)c1cc(C(=N)N)cs1. The number of hydrogen-bond acceptors (Lipinski definition) is 7. The first-order valence-electron chi connectivity index (χ1n) is 13.5. The molecule has 5 N–H and O–H groups in total. The van der Waals surface area contributed by atoms with E-state index in [4.69, 9.17) is 20.6 Å². The normalized spacial score (nSPS) is 19.0.